The first-order valence-electron chi connectivity index (χ1n) is 12.4. The number of hydrogen-bond donors (Lipinski definition) is 1. The zero-order valence-electron chi connectivity index (χ0n) is 20.6. The number of primary amides is 1. The van der Waals surface area contributed by atoms with Crippen LogP contribution < -0.4 is 10.5 Å². The normalized spacial score (nSPS) is 23.8. The highest BCUT2D eigenvalue weighted by Crippen LogP contribution is 2.49. The lowest BCUT2D eigenvalue weighted by atomic mass is 9.68. The number of carbonyl (C=O) groups is 3. The molecule has 2 N–H and O–H groups in total. The molecule has 2 fully saturated rings. The van der Waals surface area contributed by atoms with Crippen LogP contribution in [0.3, 0.4) is 0 Å². The minimum absolute atomic E-state index is 0.0187. The van der Waals surface area contributed by atoms with Crippen molar-refractivity contribution in [1.29, 1.82) is 0 Å². The van der Waals surface area contributed by atoms with Gasteiger partial charge < -0.3 is 20.3 Å². The van der Waals surface area contributed by atoms with Crippen molar-refractivity contribution in [3.05, 3.63) is 66.2 Å². The third-order valence-corrected chi connectivity index (χ3v) is 7.74. The van der Waals surface area contributed by atoms with Crippen molar-refractivity contribution in [3.63, 3.8) is 0 Å². The Kier molecular flexibility index (Phi) is 7.43. The molecule has 2 aliphatic rings. The summed E-state index contributed by atoms with van der Waals surface area (Å²) in [4.78, 5) is 42.9. The van der Waals surface area contributed by atoms with Crippen molar-refractivity contribution in [1.82, 2.24) is 9.80 Å². The van der Waals surface area contributed by atoms with Crippen LogP contribution in [0.25, 0.3) is 0 Å². The van der Waals surface area contributed by atoms with Crippen LogP contribution in [0.15, 0.2) is 60.7 Å². The number of likely N-dealkylation sites (tertiary alicyclic amines) is 2. The molecule has 2 aliphatic heterocycles. The molecule has 7 heteroatoms. The van der Waals surface area contributed by atoms with Crippen molar-refractivity contribution in [3.8, 4) is 5.75 Å². The molecule has 2 aromatic carbocycles. The number of nitrogens with zero attached hydrogens (tertiary/aromatic N) is 2. The van der Waals surface area contributed by atoms with E-state index >= 15 is 0 Å². The summed E-state index contributed by atoms with van der Waals surface area (Å²) in [6.45, 7) is 3.56. The second-order valence-electron chi connectivity index (χ2n) is 9.92. The first-order valence-corrected chi connectivity index (χ1v) is 12.4. The van der Waals surface area contributed by atoms with E-state index in [0.29, 0.717) is 38.4 Å². The van der Waals surface area contributed by atoms with E-state index in [1.807, 2.05) is 55.6 Å². The minimum Gasteiger partial charge on any atom is -0.494 e. The summed E-state index contributed by atoms with van der Waals surface area (Å²) in [5.74, 6) is -1.04. The minimum atomic E-state index is -0.648. The summed E-state index contributed by atoms with van der Waals surface area (Å²) in [6, 6.07) is 19.5. The molecule has 0 saturated carbocycles. The van der Waals surface area contributed by atoms with Gasteiger partial charge in [0.1, 0.15) is 5.75 Å². The second kappa shape index (κ2) is 10.5. The fourth-order valence-electron chi connectivity index (χ4n) is 5.74. The average Bonchev–Trinajstić information content (AvgIpc) is 3.11. The summed E-state index contributed by atoms with van der Waals surface area (Å²) in [6.07, 6.45) is 1.86. The summed E-state index contributed by atoms with van der Waals surface area (Å²) < 4.78 is 5.82. The largest absolute Gasteiger partial charge is 0.494 e. The predicted molar refractivity (Wildman–Crippen MR) is 133 cm³/mol. The Bertz CT molecular complexity index is 1040. The van der Waals surface area contributed by atoms with Crippen molar-refractivity contribution < 1.29 is 19.1 Å². The van der Waals surface area contributed by atoms with Gasteiger partial charge in [0.25, 0.3) is 0 Å². The molecule has 35 heavy (non-hydrogen) atoms. The van der Waals surface area contributed by atoms with Gasteiger partial charge in [-0.05, 0) is 37.0 Å². The molecule has 186 valence electrons. The molecule has 1 spiro atoms. The van der Waals surface area contributed by atoms with Crippen molar-refractivity contribution in [2.24, 2.45) is 23.0 Å². The first kappa shape index (κ1) is 24.8. The number of benzene rings is 2. The van der Waals surface area contributed by atoms with E-state index in [4.69, 9.17) is 10.5 Å². The van der Waals surface area contributed by atoms with Gasteiger partial charge in [-0.15, -0.1) is 0 Å². The Labute approximate surface area is 207 Å². The Morgan fingerprint density at radius 3 is 2.43 bits per heavy atom. The van der Waals surface area contributed by atoms with Gasteiger partial charge in [-0.3, -0.25) is 14.4 Å². The molecule has 4 atom stereocenters. The fourth-order valence-corrected chi connectivity index (χ4v) is 5.74. The second-order valence-corrected chi connectivity index (χ2v) is 9.92. The maximum Gasteiger partial charge on any atom is 0.231 e. The quantitative estimate of drug-likeness (QED) is 0.632. The lowest BCUT2D eigenvalue weighted by Crippen LogP contribution is -2.53. The fraction of sp³-hybridized carbons (Fsp3) is 0.464. The van der Waals surface area contributed by atoms with Crippen molar-refractivity contribution in [2.75, 3.05) is 33.3 Å². The SMILES string of the molecule is CC(C(N)=O)[C@@H](CCOc1ccccc1)C(=O)N1CCCC2(C1)C(=O)N(C)CC2c1ccccc1. The van der Waals surface area contributed by atoms with Gasteiger partial charge in [-0.2, -0.15) is 0 Å². The molecule has 2 aromatic rings. The molecule has 0 radical (unpaired) electrons. The van der Waals surface area contributed by atoms with E-state index in [1.165, 1.54) is 0 Å². The standard InChI is InChI=1S/C28H35N3O4/c1-20(25(29)32)23(14-17-35-22-12-7-4-8-13-22)26(33)31-16-9-15-28(19-31)24(18-30(2)27(28)34)21-10-5-3-6-11-21/h3-8,10-13,20,23-24H,9,14-19H2,1-2H3,(H2,29,32)/t20?,23-,24?,28?/m1/s1. The van der Waals surface area contributed by atoms with E-state index in [9.17, 15) is 14.4 Å². The number of likely N-dealkylation sites (N-methyl/N-ethyl adjacent to an activating group) is 1. The third kappa shape index (κ3) is 5.04. The third-order valence-electron chi connectivity index (χ3n) is 7.74. The maximum atomic E-state index is 13.8. The zero-order chi connectivity index (χ0) is 25.0. The van der Waals surface area contributed by atoms with Crippen LogP contribution >= 0.6 is 0 Å². The van der Waals surface area contributed by atoms with Crippen LogP contribution in [0, 0.1) is 17.3 Å². The van der Waals surface area contributed by atoms with Gasteiger partial charge in [0, 0.05) is 38.5 Å². The highest BCUT2D eigenvalue weighted by atomic mass is 16.5. The predicted octanol–water partition coefficient (Wildman–Crippen LogP) is 3.06. The van der Waals surface area contributed by atoms with Crippen LogP contribution in [-0.2, 0) is 14.4 Å². The summed E-state index contributed by atoms with van der Waals surface area (Å²) in [5, 5.41) is 0. The van der Waals surface area contributed by atoms with Crippen LogP contribution in [0.2, 0.25) is 0 Å². The van der Waals surface area contributed by atoms with Crippen LogP contribution in [0.1, 0.15) is 37.7 Å². The summed E-state index contributed by atoms with van der Waals surface area (Å²) in [5.41, 5.74) is 6.10. The molecule has 7 nitrogen and oxygen atoms in total. The van der Waals surface area contributed by atoms with Crippen LogP contribution in [0.5, 0.6) is 5.75 Å². The number of para-hydroxylation sites is 1. The Hall–Kier alpha value is -3.35. The molecular formula is C28H35N3O4. The van der Waals surface area contributed by atoms with Gasteiger partial charge in [-0.25, -0.2) is 0 Å². The van der Waals surface area contributed by atoms with Crippen LogP contribution in [0.4, 0.5) is 0 Å². The molecule has 0 bridgehead atoms. The molecule has 2 saturated heterocycles. The van der Waals surface area contributed by atoms with E-state index in [2.05, 4.69) is 12.1 Å². The average molecular weight is 478 g/mol. The number of carbonyl (C=O) groups excluding carboxylic acids is 3. The Balaban J connectivity index is 1.54. The Morgan fingerprint density at radius 2 is 1.77 bits per heavy atom. The number of hydrogen-bond acceptors (Lipinski definition) is 4. The molecule has 2 heterocycles. The lowest BCUT2D eigenvalue weighted by molar-refractivity contribution is -0.148. The van der Waals surface area contributed by atoms with E-state index in [0.717, 1.165) is 18.4 Å². The summed E-state index contributed by atoms with van der Waals surface area (Å²) >= 11 is 0. The van der Waals surface area contributed by atoms with E-state index < -0.39 is 23.2 Å². The van der Waals surface area contributed by atoms with Gasteiger partial charge >= 0.3 is 0 Å². The molecular weight excluding hydrogens is 442 g/mol. The van der Waals surface area contributed by atoms with Gasteiger partial charge in [0.05, 0.1) is 17.9 Å². The van der Waals surface area contributed by atoms with Crippen molar-refractivity contribution in [2.45, 2.75) is 32.1 Å². The summed E-state index contributed by atoms with van der Waals surface area (Å²) in [7, 11) is 1.84. The topological polar surface area (TPSA) is 92.9 Å². The molecule has 4 rings (SSSR count). The lowest BCUT2D eigenvalue weighted by Gasteiger charge is -2.43. The highest BCUT2D eigenvalue weighted by Gasteiger charge is 2.56. The zero-order valence-corrected chi connectivity index (χ0v) is 20.6. The number of amides is 3. The molecule has 3 amide bonds. The van der Waals surface area contributed by atoms with Crippen molar-refractivity contribution >= 4 is 17.7 Å². The highest BCUT2D eigenvalue weighted by molar-refractivity contribution is 5.90. The van der Waals surface area contributed by atoms with E-state index in [-0.39, 0.29) is 17.7 Å². The van der Waals surface area contributed by atoms with Gasteiger partial charge in [0.2, 0.25) is 17.7 Å². The number of nitrogens with two attached hydrogens (primary N) is 1. The number of rotatable bonds is 8. The van der Waals surface area contributed by atoms with Gasteiger partial charge in [-0.1, -0.05) is 55.5 Å². The maximum absolute atomic E-state index is 13.8. The number of ether oxygens (including phenoxy) is 1. The molecule has 0 aliphatic carbocycles. The van der Waals surface area contributed by atoms with E-state index in [1.54, 1.807) is 16.7 Å². The number of piperidine rings is 1. The smallest absolute Gasteiger partial charge is 0.231 e. The molecule has 0 aromatic heterocycles. The van der Waals surface area contributed by atoms with Crippen LogP contribution in [-0.4, -0.2) is 60.8 Å². The Morgan fingerprint density at radius 1 is 1.11 bits per heavy atom. The molecule has 3 unspecified atom stereocenters. The monoisotopic (exact) mass is 477 g/mol. The van der Waals surface area contributed by atoms with Gasteiger partial charge in [0.15, 0.2) is 0 Å². The first-order chi connectivity index (χ1) is 16.8.